The van der Waals surface area contributed by atoms with Gasteiger partial charge in [0.1, 0.15) is 5.82 Å². The van der Waals surface area contributed by atoms with Crippen LogP contribution in [-0.4, -0.2) is 31.1 Å². The largest absolute Gasteiger partial charge is 0.380 e. The Labute approximate surface area is 161 Å². The molecule has 1 aromatic carbocycles. The van der Waals surface area contributed by atoms with E-state index < -0.39 is 0 Å². The van der Waals surface area contributed by atoms with Gasteiger partial charge < -0.3 is 20.7 Å². The molecule has 0 bridgehead atoms. The molecule has 0 saturated carbocycles. The van der Waals surface area contributed by atoms with E-state index in [1.807, 2.05) is 30.5 Å². The smallest absolute Gasteiger partial charge is 0.193 e. The van der Waals surface area contributed by atoms with Crippen molar-refractivity contribution in [3.63, 3.8) is 0 Å². The number of nitrogens with two attached hydrogens (primary N) is 1. The maximum atomic E-state index is 6.05. The van der Waals surface area contributed by atoms with Crippen molar-refractivity contribution in [1.82, 2.24) is 4.98 Å². The number of aliphatic imine (C=N–C) groups is 1. The molecule has 2 heterocycles. The van der Waals surface area contributed by atoms with E-state index in [2.05, 4.69) is 32.3 Å². The van der Waals surface area contributed by atoms with Crippen LogP contribution in [-0.2, 0) is 17.9 Å². The zero-order valence-electron chi connectivity index (χ0n) is 16.0. The topological polar surface area (TPSA) is 75.8 Å². The number of anilines is 2. The average Bonchev–Trinajstić information content (AvgIpc) is 2.98. The third-order valence-electron chi connectivity index (χ3n) is 4.75. The summed E-state index contributed by atoms with van der Waals surface area (Å²) in [7, 11) is 1.68. The number of pyridine rings is 1. The molecule has 1 fully saturated rings. The van der Waals surface area contributed by atoms with Gasteiger partial charge in [-0.2, -0.15) is 0 Å². The van der Waals surface area contributed by atoms with Crippen LogP contribution in [0, 0.1) is 0 Å². The summed E-state index contributed by atoms with van der Waals surface area (Å²) in [4.78, 5) is 11.4. The first-order valence-electron chi connectivity index (χ1n) is 9.60. The summed E-state index contributed by atoms with van der Waals surface area (Å²) in [5.74, 6) is 1.44. The number of guanidine groups is 1. The van der Waals surface area contributed by atoms with Gasteiger partial charge in [0.25, 0.3) is 0 Å². The fourth-order valence-electron chi connectivity index (χ4n) is 3.27. The Kier molecular flexibility index (Phi) is 7.04. The third kappa shape index (κ3) is 5.69. The molecule has 27 heavy (non-hydrogen) atoms. The molecule has 1 saturated heterocycles. The SMILES string of the molecule is COCc1ccccc1NC(N)=NCc1ccc(N2CCCCCC2)nc1. The van der Waals surface area contributed by atoms with Gasteiger partial charge in [0.05, 0.1) is 13.2 Å². The number of hydrogen-bond acceptors (Lipinski definition) is 4. The standard InChI is InChI=1S/C21H29N5O/c1-27-16-18-8-4-5-9-19(18)25-21(22)24-15-17-10-11-20(23-14-17)26-12-6-2-3-7-13-26/h4-5,8-11,14H,2-3,6-7,12-13,15-16H2,1H3,(H3,22,24,25). The van der Waals surface area contributed by atoms with Crippen molar-refractivity contribution in [1.29, 1.82) is 0 Å². The summed E-state index contributed by atoms with van der Waals surface area (Å²) in [6.07, 6.45) is 7.04. The van der Waals surface area contributed by atoms with Crippen LogP contribution in [0.3, 0.4) is 0 Å². The number of aromatic nitrogens is 1. The first-order valence-corrected chi connectivity index (χ1v) is 9.60. The zero-order chi connectivity index (χ0) is 18.9. The Morgan fingerprint density at radius 2 is 1.93 bits per heavy atom. The lowest BCUT2D eigenvalue weighted by Crippen LogP contribution is -2.24. The number of rotatable bonds is 6. The van der Waals surface area contributed by atoms with Gasteiger partial charge in [0, 0.05) is 37.6 Å². The minimum Gasteiger partial charge on any atom is -0.380 e. The summed E-state index contributed by atoms with van der Waals surface area (Å²) in [5, 5.41) is 3.15. The number of ether oxygens (including phenoxy) is 1. The molecule has 1 aromatic heterocycles. The number of benzene rings is 1. The van der Waals surface area contributed by atoms with Crippen molar-refractivity contribution < 1.29 is 4.74 Å². The highest BCUT2D eigenvalue weighted by molar-refractivity contribution is 5.92. The van der Waals surface area contributed by atoms with Crippen molar-refractivity contribution >= 4 is 17.5 Å². The minimum atomic E-state index is 0.384. The van der Waals surface area contributed by atoms with Crippen molar-refractivity contribution in [3.05, 3.63) is 53.7 Å². The molecular weight excluding hydrogens is 338 g/mol. The van der Waals surface area contributed by atoms with Gasteiger partial charge in [-0.3, -0.25) is 0 Å². The van der Waals surface area contributed by atoms with Crippen LogP contribution in [0.25, 0.3) is 0 Å². The Bertz CT molecular complexity index is 736. The number of nitrogens with zero attached hydrogens (tertiary/aromatic N) is 3. The van der Waals surface area contributed by atoms with E-state index >= 15 is 0 Å². The van der Waals surface area contributed by atoms with Crippen LogP contribution >= 0.6 is 0 Å². The normalized spacial score (nSPS) is 15.4. The van der Waals surface area contributed by atoms with Crippen LogP contribution in [0.5, 0.6) is 0 Å². The quantitative estimate of drug-likeness (QED) is 0.603. The second-order valence-corrected chi connectivity index (χ2v) is 6.84. The molecule has 1 aliphatic heterocycles. The molecule has 0 amide bonds. The Balaban J connectivity index is 1.58. The molecule has 0 radical (unpaired) electrons. The van der Waals surface area contributed by atoms with E-state index in [0.717, 1.165) is 35.7 Å². The summed E-state index contributed by atoms with van der Waals surface area (Å²) in [5.41, 5.74) is 9.05. The lowest BCUT2D eigenvalue weighted by atomic mass is 10.2. The maximum Gasteiger partial charge on any atom is 0.193 e. The summed E-state index contributed by atoms with van der Waals surface area (Å²) in [6, 6.07) is 12.1. The summed E-state index contributed by atoms with van der Waals surface area (Å²) < 4.78 is 5.22. The highest BCUT2D eigenvalue weighted by Crippen LogP contribution is 2.18. The highest BCUT2D eigenvalue weighted by atomic mass is 16.5. The van der Waals surface area contributed by atoms with Crippen LogP contribution in [0.1, 0.15) is 36.8 Å². The van der Waals surface area contributed by atoms with E-state index in [1.165, 1.54) is 25.7 Å². The second kappa shape index (κ2) is 9.92. The van der Waals surface area contributed by atoms with Crippen LogP contribution in [0.15, 0.2) is 47.6 Å². The van der Waals surface area contributed by atoms with Gasteiger partial charge in [-0.05, 0) is 30.5 Å². The van der Waals surface area contributed by atoms with Crippen LogP contribution in [0.2, 0.25) is 0 Å². The second-order valence-electron chi connectivity index (χ2n) is 6.84. The number of nitrogens with one attached hydrogen (secondary N) is 1. The Morgan fingerprint density at radius 3 is 2.63 bits per heavy atom. The highest BCUT2D eigenvalue weighted by Gasteiger charge is 2.10. The lowest BCUT2D eigenvalue weighted by molar-refractivity contribution is 0.185. The summed E-state index contributed by atoms with van der Waals surface area (Å²) >= 11 is 0. The molecule has 6 heteroatoms. The molecule has 3 N–H and O–H groups in total. The Hall–Kier alpha value is -2.60. The molecule has 0 aliphatic carbocycles. The van der Waals surface area contributed by atoms with Gasteiger partial charge >= 0.3 is 0 Å². The van der Waals surface area contributed by atoms with Crippen LogP contribution < -0.4 is 16.0 Å². The van der Waals surface area contributed by atoms with Crippen molar-refractivity contribution in [3.8, 4) is 0 Å². The molecule has 0 atom stereocenters. The maximum absolute atomic E-state index is 6.05. The zero-order valence-corrected chi connectivity index (χ0v) is 16.0. The molecule has 0 spiro atoms. The molecule has 0 unspecified atom stereocenters. The van der Waals surface area contributed by atoms with E-state index in [-0.39, 0.29) is 0 Å². The minimum absolute atomic E-state index is 0.384. The predicted molar refractivity (Wildman–Crippen MR) is 111 cm³/mol. The first kappa shape index (κ1) is 19.2. The fourth-order valence-corrected chi connectivity index (χ4v) is 3.27. The van der Waals surface area contributed by atoms with Gasteiger partial charge in [-0.15, -0.1) is 0 Å². The molecule has 1 aliphatic rings. The lowest BCUT2D eigenvalue weighted by Gasteiger charge is -2.21. The van der Waals surface area contributed by atoms with Gasteiger partial charge in [0.15, 0.2) is 5.96 Å². The third-order valence-corrected chi connectivity index (χ3v) is 4.75. The fraction of sp³-hybridized carbons (Fsp3) is 0.429. The van der Waals surface area contributed by atoms with E-state index in [9.17, 15) is 0 Å². The van der Waals surface area contributed by atoms with Crippen molar-refractivity contribution in [2.24, 2.45) is 10.7 Å². The molecular formula is C21H29N5O. The summed E-state index contributed by atoms with van der Waals surface area (Å²) in [6.45, 7) is 3.22. The number of hydrogen-bond donors (Lipinski definition) is 2. The van der Waals surface area contributed by atoms with E-state index in [1.54, 1.807) is 7.11 Å². The number of para-hydroxylation sites is 1. The molecule has 3 rings (SSSR count). The molecule has 2 aromatic rings. The average molecular weight is 367 g/mol. The van der Waals surface area contributed by atoms with Gasteiger partial charge in [-0.1, -0.05) is 37.1 Å². The van der Waals surface area contributed by atoms with Crippen molar-refractivity contribution in [2.75, 3.05) is 30.4 Å². The van der Waals surface area contributed by atoms with E-state index in [0.29, 0.717) is 19.1 Å². The monoisotopic (exact) mass is 367 g/mol. The molecule has 144 valence electrons. The van der Waals surface area contributed by atoms with E-state index in [4.69, 9.17) is 10.5 Å². The Morgan fingerprint density at radius 1 is 1.15 bits per heavy atom. The first-order chi connectivity index (χ1) is 13.3. The number of methoxy groups -OCH3 is 1. The van der Waals surface area contributed by atoms with Crippen LogP contribution in [0.4, 0.5) is 11.5 Å². The van der Waals surface area contributed by atoms with Gasteiger partial charge in [0.2, 0.25) is 0 Å². The predicted octanol–water partition coefficient (Wildman–Crippen LogP) is 3.54. The van der Waals surface area contributed by atoms with Gasteiger partial charge in [-0.25, -0.2) is 9.98 Å². The molecule has 6 nitrogen and oxygen atoms in total. The van der Waals surface area contributed by atoms with Crippen molar-refractivity contribution in [2.45, 2.75) is 38.8 Å².